The summed E-state index contributed by atoms with van der Waals surface area (Å²) in [6, 6.07) is 9.12. The van der Waals surface area contributed by atoms with Gasteiger partial charge in [0.05, 0.1) is 12.6 Å². The first kappa shape index (κ1) is 15.9. The fourth-order valence-electron chi connectivity index (χ4n) is 2.29. The van der Waals surface area contributed by atoms with Gasteiger partial charge in [-0.1, -0.05) is 34.1 Å². The molecule has 0 aliphatic rings. The average Bonchev–Trinajstić information content (AvgIpc) is 2.44. The van der Waals surface area contributed by atoms with Crippen molar-refractivity contribution in [1.82, 2.24) is 5.32 Å². The number of halogens is 3. The molecule has 2 rings (SSSR count). The number of hydrogen-bond donors (Lipinski definition) is 1. The molecular formula is C16H16BrF2NO. The van der Waals surface area contributed by atoms with Crippen LogP contribution in [0.15, 0.2) is 40.9 Å². The van der Waals surface area contributed by atoms with E-state index in [1.807, 2.05) is 19.1 Å². The number of para-hydroxylation sites is 1. The van der Waals surface area contributed by atoms with Crippen LogP contribution in [0.1, 0.15) is 24.1 Å². The lowest BCUT2D eigenvalue weighted by Gasteiger charge is -2.21. The molecule has 1 unspecified atom stereocenters. The summed E-state index contributed by atoms with van der Waals surface area (Å²) in [5.41, 5.74) is 0.676. The molecule has 112 valence electrons. The minimum Gasteiger partial charge on any atom is -0.494 e. The molecule has 1 N–H and O–H groups in total. The summed E-state index contributed by atoms with van der Waals surface area (Å²) in [5, 5.41) is 2.96. The monoisotopic (exact) mass is 355 g/mol. The quantitative estimate of drug-likeness (QED) is 0.856. The van der Waals surface area contributed by atoms with Gasteiger partial charge in [0.25, 0.3) is 0 Å². The van der Waals surface area contributed by atoms with Crippen molar-refractivity contribution in [2.75, 3.05) is 13.7 Å². The standard InChI is InChI=1S/C16H16BrF2NO/c1-3-21-14-7-5-4-6-11(14)16(20-2)15-12(18)8-10(17)9-13(15)19/h4-9,16,20H,3H2,1-2H3. The molecule has 21 heavy (non-hydrogen) atoms. The van der Waals surface area contributed by atoms with Gasteiger partial charge in [-0.15, -0.1) is 0 Å². The number of hydrogen-bond acceptors (Lipinski definition) is 2. The lowest BCUT2D eigenvalue weighted by Crippen LogP contribution is -2.21. The third-order valence-electron chi connectivity index (χ3n) is 3.15. The molecule has 0 aliphatic heterocycles. The Morgan fingerprint density at radius 3 is 2.38 bits per heavy atom. The molecule has 0 radical (unpaired) electrons. The molecule has 2 nitrogen and oxygen atoms in total. The van der Waals surface area contributed by atoms with Gasteiger partial charge in [-0.25, -0.2) is 8.78 Å². The normalized spacial score (nSPS) is 12.2. The van der Waals surface area contributed by atoms with Gasteiger partial charge in [-0.3, -0.25) is 0 Å². The van der Waals surface area contributed by atoms with Gasteiger partial charge in [0.15, 0.2) is 0 Å². The topological polar surface area (TPSA) is 21.3 Å². The van der Waals surface area contributed by atoms with E-state index in [1.54, 1.807) is 19.2 Å². The van der Waals surface area contributed by atoms with Crippen LogP contribution in [0.25, 0.3) is 0 Å². The molecule has 0 saturated heterocycles. The van der Waals surface area contributed by atoms with Gasteiger partial charge < -0.3 is 10.1 Å². The minimum atomic E-state index is -0.624. The van der Waals surface area contributed by atoms with Crippen LogP contribution >= 0.6 is 15.9 Å². The Bertz CT molecular complexity index is 610. The SMILES string of the molecule is CCOc1ccccc1C(NC)c1c(F)cc(Br)cc1F. The number of benzene rings is 2. The van der Waals surface area contributed by atoms with Gasteiger partial charge in [-0.2, -0.15) is 0 Å². The maximum Gasteiger partial charge on any atom is 0.132 e. The summed E-state index contributed by atoms with van der Waals surface area (Å²) in [6.07, 6.45) is 0. The second kappa shape index (κ2) is 7.00. The number of rotatable bonds is 5. The first-order valence-electron chi connectivity index (χ1n) is 6.61. The molecule has 0 bridgehead atoms. The molecule has 0 aromatic heterocycles. The lowest BCUT2D eigenvalue weighted by atomic mass is 9.97. The van der Waals surface area contributed by atoms with Gasteiger partial charge >= 0.3 is 0 Å². The van der Waals surface area contributed by atoms with Crippen LogP contribution in [0.5, 0.6) is 5.75 Å². The number of nitrogens with one attached hydrogen (secondary N) is 1. The molecular weight excluding hydrogens is 340 g/mol. The van der Waals surface area contributed by atoms with Crippen LogP contribution in [0.4, 0.5) is 8.78 Å². The smallest absolute Gasteiger partial charge is 0.132 e. The van der Waals surface area contributed by atoms with E-state index >= 15 is 0 Å². The molecule has 0 amide bonds. The van der Waals surface area contributed by atoms with Crippen molar-refractivity contribution in [3.05, 3.63) is 63.6 Å². The van der Waals surface area contributed by atoms with E-state index in [-0.39, 0.29) is 5.56 Å². The van der Waals surface area contributed by atoms with E-state index in [2.05, 4.69) is 21.2 Å². The first-order chi connectivity index (χ1) is 10.1. The molecule has 0 saturated carbocycles. The van der Waals surface area contributed by atoms with Crippen LogP contribution in [-0.4, -0.2) is 13.7 Å². The van der Waals surface area contributed by atoms with Crippen molar-refractivity contribution in [2.24, 2.45) is 0 Å². The van der Waals surface area contributed by atoms with E-state index in [9.17, 15) is 8.78 Å². The van der Waals surface area contributed by atoms with Crippen LogP contribution < -0.4 is 10.1 Å². The lowest BCUT2D eigenvalue weighted by molar-refractivity contribution is 0.333. The molecule has 5 heteroatoms. The highest BCUT2D eigenvalue weighted by atomic mass is 79.9. The zero-order chi connectivity index (χ0) is 15.4. The van der Waals surface area contributed by atoms with Crippen molar-refractivity contribution < 1.29 is 13.5 Å². The van der Waals surface area contributed by atoms with Gasteiger partial charge in [0, 0.05) is 15.6 Å². The second-order valence-electron chi connectivity index (χ2n) is 4.48. The van der Waals surface area contributed by atoms with E-state index in [1.165, 1.54) is 12.1 Å². The molecule has 0 aliphatic carbocycles. The highest BCUT2D eigenvalue weighted by Gasteiger charge is 2.23. The van der Waals surface area contributed by atoms with Crippen molar-refractivity contribution in [1.29, 1.82) is 0 Å². The van der Waals surface area contributed by atoms with E-state index in [0.717, 1.165) is 0 Å². The maximum atomic E-state index is 14.2. The van der Waals surface area contributed by atoms with E-state index in [4.69, 9.17) is 4.74 Å². The van der Waals surface area contributed by atoms with E-state index in [0.29, 0.717) is 22.4 Å². The fraction of sp³-hybridized carbons (Fsp3) is 0.250. The summed E-state index contributed by atoms with van der Waals surface area (Å²) in [6.45, 7) is 2.35. The summed E-state index contributed by atoms with van der Waals surface area (Å²) in [7, 11) is 1.66. The maximum absolute atomic E-state index is 14.2. The molecule has 2 aromatic rings. The molecule has 0 fully saturated rings. The Balaban J connectivity index is 2.55. The molecule has 0 spiro atoms. The highest BCUT2D eigenvalue weighted by Crippen LogP contribution is 2.33. The predicted molar refractivity (Wildman–Crippen MR) is 82.6 cm³/mol. The van der Waals surface area contributed by atoms with Gasteiger partial charge in [-0.05, 0) is 32.2 Å². The average molecular weight is 356 g/mol. The summed E-state index contributed by atoms with van der Waals surface area (Å²) >= 11 is 3.09. The highest BCUT2D eigenvalue weighted by molar-refractivity contribution is 9.10. The predicted octanol–water partition coefficient (Wildman–Crippen LogP) is 4.43. The van der Waals surface area contributed by atoms with Crippen LogP contribution in [-0.2, 0) is 0 Å². The summed E-state index contributed by atoms with van der Waals surface area (Å²) in [4.78, 5) is 0. The third-order valence-corrected chi connectivity index (χ3v) is 3.61. The Labute approximate surface area is 131 Å². The minimum absolute atomic E-state index is 0.0205. The van der Waals surface area contributed by atoms with Crippen molar-refractivity contribution in [3.8, 4) is 5.75 Å². The van der Waals surface area contributed by atoms with Crippen molar-refractivity contribution in [3.63, 3.8) is 0 Å². The van der Waals surface area contributed by atoms with Gasteiger partial charge in [0.2, 0.25) is 0 Å². The van der Waals surface area contributed by atoms with Crippen LogP contribution in [0.3, 0.4) is 0 Å². The largest absolute Gasteiger partial charge is 0.494 e. The third kappa shape index (κ3) is 3.41. The first-order valence-corrected chi connectivity index (χ1v) is 7.41. The summed E-state index contributed by atoms with van der Waals surface area (Å²) in [5.74, 6) is -0.596. The Morgan fingerprint density at radius 1 is 1.19 bits per heavy atom. The van der Waals surface area contributed by atoms with Gasteiger partial charge in [0.1, 0.15) is 17.4 Å². The molecule has 1 atom stereocenters. The zero-order valence-electron chi connectivity index (χ0n) is 11.8. The second-order valence-corrected chi connectivity index (χ2v) is 5.39. The fourth-order valence-corrected chi connectivity index (χ4v) is 2.69. The Hall–Kier alpha value is -1.46. The molecule has 0 heterocycles. The number of ether oxygens (including phenoxy) is 1. The molecule has 2 aromatic carbocycles. The summed E-state index contributed by atoms with van der Waals surface area (Å²) < 4.78 is 34.3. The Kier molecular flexibility index (Phi) is 5.31. The van der Waals surface area contributed by atoms with Crippen LogP contribution in [0.2, 0.25) is 0 Å². The van der Waals surface area contributed by atoms with Crippen LogP contribution in [0, 0.1) is 11.6 Å². The Morgan fingerprint density at radius 2 is 1.81 bits per heavy atom. The zero-order valence-corrected chi connectivity index (χ0v) is 13.4. The van der Waals surface area contributed by atoms with Crippen molar-refractivity contribution in [2.45, 2.75) is 13.0 Å². The van der Waals surface area contributed by atoms with Crippen molar-refractivity contribution >= 4 is 15.9 Å². The van der Waals surface area contributed by atoms with E-state index < -0.39 is 17.7 Å².